The van der Waals surface area contributed by atoms with E-state index in [1.807, 2.05) is 0 Å². The number of nitrogens with zero attached hydrogens (tertiary/aromatic N) is 2. The molecule has 1 atom stereocenters. The molecule has 0 spiro atoms. The van der Waals surface area contributed by atoms with Gasteiger partial charge in [-0.05, 0) is 27.3 Å². The maximum atomic E-state index is 9.41. The zero-order valence-electron chi connectivity index (χ0n) is 10.3. The SMILES string of the molecule is CCN1CCN(C(C)(C)C)C(C(O)O)C1. The lowest BCUT2D eigenvalue weighted by Gasteiger charge is -2.48. The van der Waals surface area contributed by atoms with Gasteiger partial charge in [0.25, 0.3) is 0 Å². The van der Waals surface area contributed by atoms with Gasteiger partial charge >= 0.3 is 0 Å². The highest BCUT2D eigenvalue weighted by molar-refractivity contribution is 4.90. The molecule has 2 N–H and O–H groups in total. The monoisotopic (exact) mass is 216 g/mol. The Hall–Kier alpha value is -0.160. The normalized spacial score (nSPS) is 26.2. The molecule has 4 heteroatoms. The Morgan fingerprint density at radius 3 is 2.27 bits per heavy atom. The van der Waals surface area contributed by atoms with E-state index >= 15 is 0 Å². The van der Waals surface area contributed by atoms with Crippen LogP contribution in [-0.2, 0) is 0 Å². The van der Waals surface area contributed by atoms with Crippen LogP contribution >= 0.6 is 0 Å². The fourth-order valence-corrected chi connectivity index (χ4v) is 2.24. The van der Waals surface area contributed by atoms with Crippen molar-refractivity contribution in [3.05, 3.63) is 0 Å². The van der Waals surface area contributed by atoms with E-state index in [0.717, 1.165) is 26.2 Å². The van der Waals surface area contributed by atoms with Crippen LogP contribution in [0.15, 0.2) is 0 Å². The molecular weight excluding hydrogens is 192 g/mol. The summed E-state index contributed by atoms with van der Waals surface area (Å²) in [6.45, 7) is 12.1. The number of rotatable bonds is 2. The average molecular weight is 216 g/mol. The smallest absolute Gasteiger partial charge is 0.168 e. The second-order valence-electron chi connectivity index (χ2n) is 5.24. The summed E-state index contributed by atoms with van der Waals surface area (Å²) in [4.78, 5) is 4.44. The molecule has 4 nitrogen and oxygen atoms in total. The van der Waals surface area contributed by atoms with Crippen LogP contribution in [0, 0.1) is 0 Å². The molecule has 0 aromatic carbocycles. The Morgan fingerprint density at radius 1 is 1.27 bits per heavy atom. The molecule has 1 fully saturated rings. The minimum Gasteiger partial charge on any atom is -0.367 e. The average Bonchev–Trinajstić information content (AvgIpc) is 2.15. The predicted octanol–water partition coefficient (Wildman–Crippen LogP) is 0.102. The van der Waals surface area contributed by atoms with Crippen molar-refractivity contribution in [2.24, 2.45) is 0 Å². The third-order valence-corrected chi connectivity index (χ3v) is 3.16. The van der Waals surface area contributed by atoms with E-state index in [2.05, 4.69) is 37.5 Å². The molecular formula is C11H24N2O2. The Kier molecular flexibility index (Phi) is 4.12. The minimum atomic E-state index is -1.25. The van der Waals surface area contributed by atoms with Crippen LogP contribution < -0.4 is 0 Å². The number of hydrogen-bond acceptors (Lipinski definition) is 4. The lowest BCUT2D eigenvalue weighted by molar-refractivity contribution is -0.139. The molecule has 1 saturated heterocycles. The van der Waals surface area contributed by atoms with Gasteiger partial charge in [0.1, 0.15) is 0 Å². The van der Waals surface area contributed by atoms with Crippen molar-refractivity contribution in [1.82, 2.24) is 9.80 Å². The standard InChI is InChI=1S/C11H24N2O2/c1-5-12-6-7-13(11(2,3)4)9(8-12)10(14)15/h9-10,14-15H,5-8H2,1-4H3. The third-order valence-electron chi connectivity index (χ3n) is 3.16. The van der Waals surface area contributed by atoms with Crippen molar-refractivity contribution in [2.45, 2.75) is 45.6 Å². The quantitative estimate of drug-likeness (QED) is 0.643. The number of aliphatic hydroxyl groups is 2. The fourth-order valence-electron chi connectivity index (χ4n) is 2.24. The van der Waals surface area contributed by atoms with Crippen molar-refractivity contribution in [2.75, 3.05) is 26.2 Å². The lowest BCUT2D eigenvalue weighted by Crippen LogP contribution is -2.62. The van der Waals surface area contributed by atoms with E-state index in [1.54, 1.807) is 0 Å². The maximum Gasteiger partial charge on any atom is 0.168 e. The summed E-state index contributed by atoms with van der Waals surface area (Å²) in [6, 6.07) is -0.168. The van der Waals surface area contributed by atoms with Crippen molar-refractivity contribution in [1.29, 1.82) is 0 Å². The number of hydrogen-bond donors (Lipinski definition) is 2. The second kappa shape index (κ2) is 4.78. The van der Waals surface area contributed by atoms with Gasteiger partial charge in [-0.25, -0.2) is 0 Å². The van der Waals surface area contributed by atoms with Crippen molar-refractivity contribution in [3.8, 4) is 0 Å². The fraction of sp³-hybridized carbons (Fsp3) is 1.00. The van der Waals surface area contributed by atoms with E-state index in [1.165, 1.54) is 0 Å². The Morgan fingerprint density at radius 2 is 1.87 bits per heavy atom. The van der Waals surface area contributed by atoms with Gasteiger partial charge in [0.15, 0.2) is 6.29 Å². The van der Waals surface area contributed by atoms with Gasteiger partial charge in [-0.15, -0.1) is 0 Å². The Bertz CT molecular complexity index is 201. The molecule has 0 saturated carbocycles. The van der Waals surface area contributed by atoms with Gasteiger partial charge in [0.05, 0.1) is 6.04 Å². The summed E-state index contributed by atoms with van der Waals surface area (Å²) in [5.74, 6) is 0. The highest BCUT2D eigenvalue weighted by atomic mass is 16.5. The largest absolute Gasteiger partial charge is 0.367 e. The van der Waals surface area contributed by atoms with E-state index < -0.39 is 6.29 Å². The first-order valence-electron chi connectivity index (χ1n) is 5.71. The molecule has 0 bridgehead atoms. The molecule has 1 heterocycles. The molecule has 1 aliphatic rings. The molecule has 1 rings (SSSR count). The second-order valence-corrected chi connectivity index (χ2v) is 5.24. The first-order chi connectivity index (χ1) is 6.86. The summed E-state index contributed by atoms with van der Waals surface area (Å²) >= 11 is 0. The molecule has 1 aliphatic heterocycles. The molecule has 90 valence electrons. The van der Waals surface area contributed by atoms with E-state index in [-0.39, 0.29) is 11.6 Å². The Labute approximate surface area is 92.5 Å². The van der Waals surface area contributed by atoms with Crippen LogP contribution in [0.4, 0.5) is 0 Å². The van der Waals surface area contributed by atoms with Crippen molar-refractivity contribution in [3.63, 3.8) is 0 Å². The Balaban J connectivity index is 2.72. The van der Waals surface area contributed by atoms with E-state index in [9.17, 15) is 10.2 Å². The molecule has 0 aromatic rings. The summed E-state index contributed by atoms with van der Waals surface area (Å²) in [7, 11) is 0. The van der Waals surface area contributed by atoms with Gasteiger partial charge in [-0.3, -0.25) is 4.90 Å². The number of piperazine rings is 1. The van der Waals surface area contributed by atoms with Crippen LogP contribution in [0.1, 0.15) is 27.7 Å². The topological polar surface area (TPSA) is 46.9 Å². The summed E-state index contributed by atoms with van der Waals surface area (Å²) in [5.41, 5.74) is -0.00575. The molecule has 0 amide bonds. The van der Waals surface area contributed by atoms with Crippen LogP contribution in [0.3, 0.4) is 0 Å². The van der Waals surface area contributed by atoms with Gasteiger partial charge in [-0.2, -0.15) is 0 Å². The first-order valence-corrected chi connectivity index (χ1v) is 5.71. The van der Waals surface area contributed by atoms with Gasteiger partial charge in [-0.1, -0.05) is 6.92 Å². The third kappa shape index (κ3) is 3.14. The lowest BCUT2D eigenvalue weighted by atomic mass is 10.00. The summed E-state index contributed by atoms with van der Waals surface area (Å²) < 4.78 is 0. The molecule has 0 aromatic heterocycles. The zero-order valence-corrected chi connectivity index (χ0v) is 10.3. The first kappa shape index (κ1) is 12.9. The summed E-state index contributed by atoms with van der Waals surface area (Å²) in [5, 5.41) is 18.8. The highest BCUT2D eigenvalue weighted by Gasteiger charge is 2.36. The van der Waals surface area contributed by atoms with E-state index in [4.69, 9.17) is 0 Å². The van der Waals surface area contributed by atoms with Gasteiger partial charge in [0.2, 0.25) is 0 Å². The van der Waals surface area contributed by atoms with Crippen LogP contribution in [0.5, 0.6) is 0 Å². The molecule has 0 radical (unpaired) electrons. The molecule has 1 unspecified atom stereocenters. The minimum absolute atomic E-state index is 0.00575. The van der Waals surface area contributed by atoms with Gasteiger partial charge < -0.3 is 15.1 Å². The number of aliphatic hydroxyl groups excluding tert-OH is 1. The van der Waals surface area contributed by atoms with Crippen LogP contribution in [-0.4, -0.2) is 64.1 Å². The predicted molar refractivity (Wildman–Crippen MR) is 60.6 cm³/mol. The van der Waals surface area contributed by atoms with Gasteiger partial charge in [0, 0.05) is 25.2 Å². The van der Waals surface area contributed by atoms with Crippen LogP contribution in [0.2, 0.25) is 0 Å². The maximum absolute atomic E-state index is 9.41. The van der Waals surface area contributed by atoms with Crippen molar-refractivity contribution < 1.29 is 10.2 Å². The molecule has 15 heavy (non-hydrogen) atoms. The summed E-state index contributed by atoms with van der Waals surface area (Å²) in [6.07, 6.45) is -1.25. The van der Waals surface area contributed by atoms with Crippen molar-refractivity contribution >= 4 is 0 Å². The zero-order chi connectivity index (χ0) is 11.6. The number of likely N-dealkylation sites (N-methyl/N-ethyl adjacent to an activating group) is 1. The highest BCUT2D eigenvalue weighted by Crippen LogP contribution is 2.22. The van der Waals surface area contributed by atoms with E-state index in [0.29, 0.717) is 0 Å². The van der Waals surface area contributed by atoms with Crippen LogP contribution in [0.25, 0.3) is 0 Å². The molecule has 0 aliphatic carbocycles.